The van der Waals surface area contributed by atoms with Crippen LogP contribution in [-0.4, -0.2) is 35.8 Å². The van der Waals surface area contributed by atoms with Gasteiger partial charge in [0.1, 0.15) is 0 Å². The third kappa shape index (κ3) is 3.64. The summed E-state index contributed by atoms with van der Waals surface area (Å²) in [5.41, 5.74) is 0. The van der Waals surface area contributed by atoms with Crippen LogP contribution in [-0.2, 0) is 4.74 Å². The van der Waals surface area contributed by atoms with E-state index in [0.29, 0.717) is 6.10 Å². The van der Waals surface area contributed by atoms with Crippen molar-refractivity contribution in [2.24, 2.45) is 0 Å². The molecule has 0 amide bonds. The molecule has 1 aromatic heterocycles. The molecule has 1 saturated heterocycles. The molecule has 94 valence electrons. The standard InChI is InChI=1S/C12H18BrN3O/c1-2-6-17-11-4-3-5-16(9-11)12-14-7-10(13)8-15-12/h7-8,11H,2-6,9H2,1H3/t11-/m0/s1. The van der Waals surface area contributed by atoms with E-state index in [2.05, 4.69) is 37.7 Å². The Kier molecular flexibility index (Phi) is 4.74. The lowest BCUT2D eigenvalue weighted by molar-refractivity contribution is 0.0437. The Morgan fingerprint density at radius 2 is 2.24 bits per heavy atom. The zero-order valence-electron chi connectivity index (χ0n) is 10.1. The van der Waals surface area contributed by atoms with Gasteiger partial charge in [0.2, 0.25) is 5.95 Å². The number of nitrogens with zero attached hydrogens (tertiary/aromatic N) is 3. The van der Waals surface area contributed by atoms with Gasteiger partial charge in [0.15, 0.2) is 0 Å². The van der Waals surface area contributed by atoms with Crippen molar-refractivity contribution in [3.63, 3.8) is 0 Å². The van der Waals surface area contributed by atoms with E-state index < -0.39 is 0 Å². The zero-order chi connectivity index (χ0) is 12.1. The molecule has 0 aliphatic carbocycles. The summed E-state index contributed by atoms with van der Waals surface area (Å²) in [4.78, 5) is 10.9. The van der Waals surface area contributed by atoms with Crippen LogP contribution in [0.25, 0.3) is 0 Å². The minimum absolute atomic E-state index is 0.330. The van der Waals surface area contributed by atoms with Gasteiger partial charge in [0.05, 0.1) is 10.6 Å². The van der Waals surface area contributed by atoms with E-state index in [-0.39, 0.29) is 0 Å². The van der Waals surface area contributed by atoms with Crippen molar-refractivity contribution in [1.29, 1.82) is 0 Å². The molecule has 0 aromatic carbocycles. The lowest BCUT2D eigenvalue weighted by Gasteiger charge is -2.32. The minimum Gasteiger partial charge on any atom is -0.376 e. The van der Waals surface area contributed by atoms with E-state index >= 15 is 0 Å². The maximum absolute atomic E-state index is 5.80. The Morgan fingerprint density at radius 3 is 2.94 bits per heavy atom. The molecule has 0 saturated carbocycles. The third-order valence-corrected chi connectivity index (χ3v) is 3.23. The number of hydrogen-bond donors (Lipinski definition) is 0. The molecule has 1 aliphatic heterocycles. The largest absolute Gasteiger partial charge is 0.376 e. The third-order valence-electron chi connectivity index (χ3n) is 2.83. The average Bonchev–Trinajstić information content (AvgIpc) is 2.37. The topological polar surface area (TPSA) is 38.2 Å². The summed E-state index contributed by atoms with van der Waals surface area (Å²) in [6, 6.07) is 0. The predicted octanol–water partition coefficient (Wildman–Crippen LogP) is 2.63. The van der Waals surface area contributed by atoms with Crippen molar-refractivity contribution < 1.29 is 4.74 Å². The van der Waals surface area contributed by atoms with Crippen molar-refractivity contribution in [2.45, 2.75) is 32.3 Å². The molecule has 1 atom stereocenters. The summed E-state index contributed by atoms with van der Waals surface area (Å²) in [5.74, 6) is 0.804. The van der Waals surface area contributed by atoms with Crippen molar-refractivity contribution >= 4 is 21.9 Å². The van der Waals surface area contributed by atoms with E-state index in [1.165, 1.54) is 0 Å². The number of hydrogen-bond acceptors (Lipinski definition) is 4. The fraction of sp³-hybridized carbons (Fsp3) is 0.667. The second-order valence-corrected chi connectivity index (χ2v) is 5.20. The van der Waals surface area contributed by atoms with Gasteiger partial charge in [0, 0.05) is 32.1 Å². The van der Waals surface area contributed by atoms with E-state index in [1.54, 1.807) is 12.4 Å². The number of aromatic nitrogens is 2. The smallest absolute Gasteiger partial charge is 0.225 e. The number of piperidine rings is 1. The first kappa shape index (κ1) is 12.8. The Hall–Kier alpha value is -0.680. The van der Waals surface area contributed by atoms with Crippen LogP contribution in [0.5, 0.6) is 0 Å². The van der Waals surface area contributed by atoms with Gasteiger partial charge in [-0.25, -0.2) is 9.97 Å². The molecule has 1 fully saturated rings. The minimum atomic E-state index is 0.330. The molecule has 2 heterocycles. The summed E-state index contributed by atoms with van der Waals surface area (Å²) < 4.78 is 6.72. The summed E-state index contributed by atoms with van der Waals surface area (Å²) in [5, 5.41) is 0. The summed E-state index contributed by atoms with van der Waals surface area (Å²) in [6.07, 6.45) is 7.28. The molecule has 4 nitrogen and oxygen atoms in total. The first-order chi connectivity index (χ1) is 8.29. The molecule has 0 bridgehead atoms. The average molecular weight is 300 g/mol. The van der Waals surface area contributed by atoms with Crippen LogP contribution in [0.2, 0.25) is 0 Å². The second kappa shape index (κ2) is 6.31. The normalized spacial score (nSPS) is 20.6. The molecule has 1 aliphatic rings. The summed E-state index contributed by atoms with van der Waals surface area (Å²) in [7, 11) is 0. The fourth-order valence-electron chi connectivity index (χ4n) is 2.01. The van der Waals surface area contributed by atoms with Crippen molar-refractivity contribution in [3.05, 3.63) is 16.9 Å². The maximum atomic E-state index is 5.80. The predicted molar refractivity (Wildman–Crippen MR) is 71.2 cm³/mol. The molecule has 0 N–H and O–H groups in total. The summed E-state index contributed by atoms with van der Waals surface area (Å²) in [6.45, 7) is 4.91. The molecule has 17 heavy (non-hydrogen) atoms. The lowest BCUT2D eigenvalue weighted by Crippen LogP contribution is -2.40. The molecule has 2 rings (SSSR count). The van der Waals surface area contributed by atoms with E-state index in [0.717, 1.165) is 49.4 Å². The van der Waals surface area contributed by atoms with Gasteiger partial charge in [-0.05, 0) is 35.2 Å². The molecule has 0 radical (unpaired) electrons. The SMILES string of the molecule is CCCO[C@H]1CCCN(c2ncc(Br)cn2)C1. The van der Waals surface area contributed by atoms with Crippen LogP contribution in [0.4, 0.5) is 5.95 Å². The monoisotopic (exact) mass is 299 g/mol. The second-order valence-electron chi connectivity index (χ2n) is 4.28. The van der Waals surface area contributed by atoms with E-state index in [9.17, 15) is 0 Å². The van der Waals surface area contributed by atoms with Gasteiger partial charge in [-0.15, -0.1) is 0 Å². The zero-order valence-corrected chi connectivity index (χ0v) is 11.7. The highest BCUT2D eigenvalue weighted by atomic mass is 79.9. The molecule has 5 heteroatoms. The Bertz CT molecular complexity index is 344. The van der Waals surface area contributed by atoms with Crippen molar-refractivity contribution in [2.75, 3.05) is 24.6 Å². The first-order valence-corrected chi connectivity index (χ1v) is 6.93. The van der Waals surface area contributed by atoms with Gasteiger partial charge in [-0.2, -0.15) is 0 Å². The number of halogens is 1. The van der Waals surface area contributed by atoms with Gasteiger partial charge < -0.3 is 9.64 Å². The number of ether oxygens (including phenoxy) is 1. The van der Waals surface area contributed by atoms with Gasteiger partial charge in [-0.3, -0.25) is 0 Å². The molecule has 0 spiro atoms. The number of anilines is 1. The van der Waals surface area contributed by atoms with E-state index in [4.69, 9.17) is 4.74 Å². The van der Waals surface area contributed by atoms with Crippen LogP contribution in [0.15, 0.2) is 16.9 Å². The summed E-state index contributed by atoms with van der Waals surface area (Å²) >= 11 is 3.35. The highest BCUT2D eigenvalue weighted by molar-refractivity contribution is 9.10. The van der Waals surface area contributed by atoms with Crippen LogP contribution in [0, 0.1) is 0 Å². The Morgan fingerprint density at radius 1 is 1.47 bits per heavy atom. The highest BCUT2D eigenvalue weighted by Gasteiger charge is 2.21. The van der Waals surface area contributed by atoms with Crippen LogP contribution < -0.4 is 4.90 Å². The van der Waals surface area contributed by atoms with Crippen LogP contribution >= 0.6 is 15.9 Å². The Balaban J connectivity index is 1.94. The number of rotatable bonds is 4. The lowest BCUT2D eigenvalue weighted by atomic mass is 10.1. The van der Waals surface area contributed by atoms with Gasteiger partial charge >= 0.3 is 0 Å². The van der Waals surface area contributed by atoms with Crippen LogP contribution in [0.3, 0.4) is 0 Å². The molecular weight excluding hydrogens is 282 g/mol. The fourth-order valence-corrected chi connectivity index (χ4v) is 2.21. The van der Waals surface area contributed by atoms with E-state index in [1.807, 2.05) is 0 Å². The van der Waals surface area contributed by atoms with Crippen molar-refractivity contribution in [1.82, 2.24) is 9.97 Å². The molecule has 0 unspecified atom stereocenters. The molecular formula is C12H18BrN3O. The van der Waals surface area contributed by atoms with Gasteiger partial charge in [-0.1, -0.05) is 6.92 Å². The quantitative estimate of drug-likeness (QED) is 0.857. The van der Waals surface area contributed by atoms with Gasteiger partial charge in [0.25, 0.3) is 0 Å². The first-order valence-electron chi connectivity index (χ1n) is 6.13. The maximum Gasteiger partial charge on any atom is 0.225 e. The Labute approximate surface area is 111 Å². The van der Waals surface area contributed by atoms with Crippen LogP contribution in [0.1, 0.15) is 26.2 Å². The highest BCUT2D eigenvalue weighted by Crippen LogP contribution is 2.18. The van der Waals surface area contributed by atoms with Crippen molar-refractivity contribution in [3.8, 4) is 0 Å². The molecule has 1 aromatic rings.